The third-order valence-electron chi connectivity index (χ3n) is 5.77. The first-order valence-electron chi connectivity index (χ1n) is 12.1. The fourth-order valence-corrected chi connectivity index (χ4v) is 5.01. The van der Waals surface area contributed by atoms with Crippen LogP contribution >= 0.6 is 0 Å². The molecule has 4 rings (SSSR count). The fourth-order valence-electron chi connectivity index (χ4n) is 3.83. The van der Waals surface area contributed by atoms with Crippen LogP contribution in [0.2, 0.25) is 0 Å². The summed E-state index contributed by atoms with van der Waals surface area (Å²) in [6.07, 6.45) is 0.961. The number of aromatic nitrogens is 3. The molecule has 2 aromatic heterocycles. The van der Waals surface area contributed by atoms with Crippen molar-refractivity contribution in [2.75, 3.05) is 11.1 Å². The van der Waals surface area contributed by atoms with Crippen molar-refractivity contribution in [1.29, 1.82) is 0 Å². The normalized spacial score (nSPS) is 12.0. The summed E-state index contributed by atoms with van der Waals surface area (Å²) >= 11 is 0. The molecule has 2 amide bonds. The Balaban J connectivity index is 1.51. The molecule has 0 saturated heterocycles. The van der Waals surface area contributed by atoms with Gasteiger partial charge in [0.05, 0.1) is 32.9 Å². The third kappa shape index (κ3) is 7.17. The van der Waals surface area contributed by atoms with E-state index in [1.807, 2.05) is 0 Å². The van der Waals surface area contributed by atoms with Crippen molar-refractivity contribution in [1.82, 2.24) is 19.5 Å². The molecule has 0 aliphatic heterocycles. The smallest absolute Gasteiger partial charge is 0.307 e. The summed E-state index contributed by atoms with van der Waals surface area (Å²) in [5, 5.41) is 16.0. The van der Waals surface area contributed by atoms with Crippen molar-refractivity contribution in [2.45, 2.75) is 18.2 Å². The number of pyridine rings is 1. The average Bonchev–Trinajstić information content (AvgIpc) is 3.25. The van der Waals surface area contributed by atoms with Crippen molar-refractivity contribution >= 4 is 44.9 Å². The molecular weight excluding hydrogens is 544 g/mol. The van der Waals surface area contributed by atoms with Gasteiger partial charge in [0.25, 0.3) is 11.8 Å². The number of rotatable bonds is 7. The van der Waals surface area contributed by atoms with Gasteiger partial charge < -0.3 is 16.2 Å². The number of carboxylic acid groups (broad SMARTS) is 1. The Labute approximate surface area is 236 Å². The first-order valence-corrected chi connectivity index (χ1v) is 13.8. The van der Waals surface area contributed by atoms with Crippen molar-refractivity contribution in [3.8, 4) is 11.8 Å². The molecule has 5 N–H and O–H groups in total. The van der Waals surface area contributed by atoms with Gasteiger partial charge in [-0.2, -0.15) is 5.10 Å². The number of hydrogen-bond donors (Lipinski definition) is 4. The number of nitrogen functional groups attached to an aromatic ring is 1. The molecule has 0 aliphatic rings. The Hall–Kier alpha value is -5.41. The third-order valence-corrected chi connectivity index (χ3v) is 7.30. The van der Waals surface area contributed by atoms with Crippen LogP contribution in [0.5, 0.6) is 0 Å². The van der Waals surface area contributed by atoms with E-state index in [9.17, 15) is 18.6 Å². The Kier molecular flexibility index (Phi) is 8.21. The van der Waals surface area contributed by atoms with E-state index >= 15 is 0 Å². The topological polar surface area (TPSA) is 169 Å². The van der Waals surface area contributed by atoms with Crippen LogP contribution in [0.4, 0.5) is 11.5 Å². The molecule has 12 heteroatoms. The van der Waals surface area contributed by atoms with Gasteiger partial charge in [0.15, 0.2) is 0 Å². The molecule has 1 unspecified atom stereocenters. The number of carbonyl (C=O) groups excluding carboxylic acids is 2. The summed E-state index contributed by atoms with van der Waals surface area (Å²) in [7, 11) is -1.62. The summed E-state index contributed by atoms with van der Waals surface area (Å²) in [6, 6.07) is 16.0. The number of amides is 2. The summed E-state index contributed by atoms with van der Waals surface area (Å²) in [6.45, 7) is 1.80. The highest BCUT2D eigenvalue weighted by molar-refractivity contribution is 7.99. The number of aryl methyl sites for hydroxylation is 2. The zero-order chi connectivity index (χ0) is 29.7. The van der Waals surface area contributed by atoms with E-state index in [-0.39, 0.29) is 34.2 Å². The lowest BCUT2D eigenvalue weighted by Gasteiger charge is -2.13. The standard InChI is InChI=1S/C29H26N6O5S/c1-18-12-25(35(2)33-18)29(39)32-23-8-4-6-19(13-23)10-11-21-16-22(17-31-27(21)30)28(38)34-41(3,40)24-9-5-7-20(14-24)15-26(36)37/h4-9,12-14,16-17H,3,15H2,1-2H3,(H2,30,31)(H,32,39)(H,36,37)(H,34,38,40). The molecule has 41 heavy (non-hydrogen) atoms. The molecule has 0 spiro atoms. The van der Waals surface area contributed by atoms with Crippen LogP contribution in [-0.4, -0.2) is 47.7 Å². The molecule has 0 bridgehead atoms. The van der Waals surface area contributed by atoms with Crippen LogP contribution in [0, 0.1) is 18.8 Å². The minimum absolute atomic E-state index is 0.0500. The summed E-state index contributed by atoms with van der Waals surface area (Å²) in [5.41, 5.74) is 8.94. The Bertz CT molecular complexity index is 1850. The maximum Gasteiger partial charge on any atom is 0.307 e. The maximum absolute atomic E-state index is 13.2. The quantitative estimate of drug-likeness (QED) is 0.194. The van der Waals surface area contributed by atoms with Gasteiger partial charge in [0, 0.05) is 29.4 Å². The Morgan fingerprint density at radius 2 is 1.83 bits per heavy atom. The summed E-state index contributed by atoms with van der Waals surface area (Å²) in [5.74, 6) is 7.47. The van der Waals surface area contributed by atoms with Gasteiger partial charge in [-0.05, 0) is 60.8 Å². The van der Waals surface area contributed by atoms with E-state index in [1.54, 1.807) is 56.4 Å². The second-order valence-electron chi connectivity index (χ2n) is 9.06. The second kappa shape index (κ2) is 11.8. The van der Waals surface area contributed by atoms with Crippen LogP contribution in [0.1, 0.15) is 43.2 Å². The zero-order valence-electron chi connectivity index (χ0n) is 22.2. The van der Waals surface area contributed by atoms with Crippen molar-refractivity contribution in [3.05, 3.63) is 101 Å². The first-order chi connectivity index (χ1) is 19.4. The van der Waals surface area contributed by atoms with Crippen LogP contribution in [-0.2, 0) is 28.0 Å². The van der Waals surface area contributed by atoms with Crippen molar-refractivity contribution in [3.63, 3.8) is 0 Å². The lowest BCUT2D eigenvalue weighted by Crippen LogP contribution is -2.30. The van der Waals surface area contributed by atoms with E-state index in [0.717, 1.165) is 5.69 Å². The van der Waals surface area contributed by atoms with Crippen LogP contribution < -0.4 is 15.8 Å². The predicted octanol–water partition coefficient (Wildman–Crippen LogP) is 2.41. The number of hydrogen-bond acceptors (Lipinski definition) is 7. The zero-order valence-corrected chi connectivity index (χ0v) is 23.0. The van der Waals surface area contributed by atoms with Crippen LogP contribution in [0.25, 0.3) is 0 Å². The van der Waals surface area contributed by atoms with Gasteiger partial charge in [-0.15, -0.1) is 0 Å². The van der Waals surface area contributed by atoms with Crippen LogP contribution in [0.3, 0.4) is 0 Å². The van der Waals surface area contributed by atoms with Gasteiger partial charge in [-0.1, -0.05) is 30.0 Å². The van der Waals surface area contributed by atoms with E-state index in [4.69, 9.17) is 10.8 Å². The largest absolute Gasteiger partial charge is 0.481 e. The molecule has 11 nitrogen and oxygen atoms in total. The Morgan fingerprint density at radius 1 is 1.07 bits per heavy atom. The monoisotopic (exact) mass is 570 g/mol. The highest BCUT2D eigenvalue weighted by Crippen LogP contribution is 2.16. The Morgan fingerprint density at radius 3 is 2.54 bits per heavy atom. The summed E-state index contributed by atoms with van der Waals surface area (Å²) in [4.78, 5) is 40.8. The number of carboxylic acids is 1. The molecule has 2 heterocycles. The molecule has 4 aromatic rings. The van der Waals surface area contributed by atoms with Gasteiger partial charge in [0.2, 0.25) is 0 Å². The fraction of sp³-hybridized carbons (Fsp3) is 0.103. The molecule has 0 saturated carbocycles. The molecule has 0 fully saturated rings. The highest BCUT2D eigenvalue weighted by atomic mass is 32.2. The van der Waals surface area contributed by atoms with E-state index in [0.29, 0.717) is 22.5 Å². The first kappa shape index (κ1) is 28.6. The lowest BCUT2D eigenvalue weighted by molar-refractivity contribution is -0.136. The molecule has 2 aromatic carbocycles. The number of aliphatic carboxylic acids is 1. The average molecular weight is 571 g/mol. The molecule has 0 aliphatic carbocycles. The SMILES string of the molecule is C=S(=O)(NC(=O)c1cnc(N)c(C#Cc2cccc(NC(=O)c3cc(C)nn3C)c2)c1)c1cccc(CC(=O)O)c1. The predicted molar refractivity (Wildman–Crippen MR) is 156 cm³/mol. The van der Waals surface area contributed by atoms with Gasteiger partial charge in [0.1, 0.15) is 11.5 Å². The van der Waals surface area contributed by atoms with Crippen molar-refractivity contribution < 1.29 is 23.7 Å². The molecular formula is C29H26N6O5S. The van der Waals surface area contributed by atoms with E-state index in [2.05, 4.69) is 37.8 Å². The van der Waals surface area contributed by atoms with Gasteiger partial charge in [-0.25, -0.2) is 9.19 Å². The number of anilines is 2. The number of benzene rings is 2. The lowest BCUT2D eigenvalue weighted by atomic mass is 10.1. The highest BCUT2D eigenvalue weighted by Gasteiger charge is 2.16. The summed E-state index contributed by atoms with van der Waals surface area (Å²) < 4.78 is 17.1. The number of carbonyl (C=O) groups is 3. The maximum atomic E-state index is 13.2. The molecule has 208 valence electrons. The molecule has 0 radical (unpaired) electrons. The minimum Gasteiger partial charge on any atom is -0.481 e. The second-order valence-corrected chi connectivity index (χ2v) is 11.1. The minimum atomic E-state index is -3.31. The number of nitrogens with two attached hydrogens (primary N) is 1. The number of nitrogens with one attached hydrogen (secondary N) is 2. The van der Waals surface area contributed by atoms with Crippen LogP contribution in [0.15, 0.2) is 71.8 Å². The van der Waals surface area contributed by atoms with E-state index in [1.165, 1.54) is 29.1 Å². The van der Waals surface area contributed by atoms with Crippen molar-refractivity contribution in [2.24, 2.45) is 7.05 Å². The van der Waals surface area contributed by atoms with E-state index < -0.39 is 21.6 Å². The van der Waals surface area contributed by atoms with Gasteiger partial charge in [-0.3, -0.25) is 23.8 Å². The molecule has 1 atom stereocenters. The number of nitrogens with zero attached hydrogens (tertiary/aromatic N) is 3. The van der Waals surface area contributed by atoms with Gasteiger partial charge >= 0.3 is 5.97 Å².